The number of nitrogens with zero attached hydrogens (tertiary/aromatic N) is 2. The molecule has 0 aliphatic carbocycles. The van der Waals surface area contributed by atoms with E-state index in [2.05, 4.69) is 10.4 Å². The lowest BCUT2D eigenvalue weighted by Crippen LogP contribution is -2.31. The van der Waals surface area contributed by atoms with Crippen LogP contribution in [0.15, 0.2) is 12.3 Å². The average molecular weight is 252 g/mol. The first kappa shape index (κ1) is 12.7. The first-order chi connectivity index (χ1) is 8.52. The molecule has 98 valence electrons. The zero-order valence-corrected chi connectivity index (χ0v) is 10.00. The minimum Gasteiger partial charge on any atom is -0.388 e. The number of hydrogen-bond donors (Lipinski definition) is 4. The fourth-order valence-corrected chi connectivity index (χ4v) is 1.96. The van der Waals surface area contributed by atoms with Gasteiger partial charge in [0, 0.05) is 25.0 Å². The smallest absolute Gasteiger partial charge is 0.257 e. The molecule has 7 nitrogen and oxygen atoms in total. The average Bonchev–Trinajstić information content (AvgIpc) is 2.68. The number of amides is 1. The molecular weight excluding hydrogens is 236 g/mol. The molecular formula is C11H16N4O3. The number of nitrogen functional groups attached to an aromatic ring is 1. The number of carbonyl (C=O) groups excluding carboxylic acids is 1. The largest absolute Gasteiger partial charge is 0.388 e. The second-order valence-corrected chi connectivity index (χ2v) is 4.36. The number of hydrogen-bond acceptors (Lipinski definition) is 6. The number of carbonyl (C=O) groups is 1. The Labute approximate surface area is 104 Å². The predicted octanol–water partition coefficient (Wildman–Crippen LogP) is -1.15. The molecule has 0 spiro atoms. The van der Waals surface area contributed by atoms with Gasteiger partial charge in [-0.1, -0.05) is 0 Å². The summed E-state index contributed by atoms with van der Waals surface area (Å²) in [6.07, 6.45) is -0.368. The lowest BCUT2D eigenvalue weighted by molar-refractivity contribution is 0.0572. The van der Waals surface area contributed by atoms with E-state index in [1.807, 2.05) is 0 Å². The zero-order chi connectivity index (χ0) is 13.3. The second-order valence-electron chi connectivity index (χ2n) is 4.36. The molecule has 0 saturated carbocycles. The molecule has 2 unspecified atom stereocenters. The molecule has 0 aromatic carbocycles. The summed E-state index contributed by atoms with van der Waals surface area (Å²) in [5, 5.41) is 18.9. The number of aliphatic hydroxyl groups is 2. The number of nitrogens with one attached hydrogen (secondary N) is 1. The van der Waals surface area contributed by atoms with E-state index < -0.39 is 12.2 Å². The van der Waals surface area contributed by atoms with Gasteiger partial charge in [-0.15, -0.1) is 0 Å². The van der Waals surface area contributed by atoms with Crippen molar-refractivity contribution in [2.75, 3.05) is 18.5 Å². The second kappa shape index (κ2) is 4.89. The normalized spacial score (nSPS) is 23.2. The maximum absolute atomic E-state index is 12.2. The van der Waals surface area contributed by atoms with Crippen LogP contribution in [0.5, 0.6) is 0 Å². The van der Waals surface area contributed by atoms with Crippen LogP contribution in [0.1, 0.15) is 16.1 Å². The number of aromatic nitrogens is 1. The molecule has 2 atom stereocenters. The number of rotatable bonds is 2. The summed E-state index contributed by atoms with van der Waals surface area (Å²) in [5.41, 5.74) is 3.99. The van der Waals surface area contributed by atoms with Crippen LogP contribution in [0.3, 0.4) is 0 Å². The third kappa shape index (κ3) is 2.28. The van der Waals surface area contributed by atoms with Crippen molar-refractivity contribution in [3.63, 3.8) is 0 Å². The number of hydrazine groups is 1. The predicted molar refractivity (Wildman–Crippen MR) is 64.7 cm³/mol. The topological polar surface area (TPSA) is 112 Å². The van der Waals surface area contributed by atoms with E-state index in [4.69, 9.17) is 5.84 Å². The Hall–Kier alpha value is -1.70. The molecule has 5 N–H and O–H groups in total. The van der Waals surface area contributed by atoms with E-state index in [9.17, 15) is 15.0 Å². The van der Waals surface area contributed by atoms with Crippen molar-refractivity contribution in [3.05, 3.63) is 23.5 Å². The van der Waals surface area contributed by atoms with Crippen LogP contribution < -0.4 is 11.3 Å². The Morgan fingerprint density at radius 1 is 1.50 bits per heavy atom. The van der Waals surface area contributed by atoms with Crippen LogP contribution in [0.4, 0.5) is 5.69 Å². The van der Waals surface area contributed by atoms with E-state index in [1.165, 1.54) is 11.1 Å². The fourth-order valence-electron chi connectivity index (χ4n) is 1.96. The lowest BCUT2D eigenvalue weighted by Gasteiger charge is -2.17. The Kier molecular flexibility index (Phi) is 3.46. The molecule has 2 rings (SSSR count). The van der Waals surface area contributed by atoms with Gasteiger partial charge >= 0.3 is 0 Å². The van der Waals surface area contributed by atoms with Crippen molar-refractivity contribution in [2.24, 2.45) is 5.84 Å². The highest BCUT2D eigenvalue weighted by Crippen LogP contribution is 2.19. The minimum absolute atomic E-state index is 0.109. The quantitative estimate of drug-likeness (QED) is 0.391. The van der Waals surface area contributed by atoms with E-state index >= 15 is 0 Å². The summed E-state index contributed by atoms with van der Waals surface area (Å²) in [7, 11) is 0. The number of pyridine rings is 1. The molecule has 1 saturated heterocycles. The summed E-state index contributed by atoms with van der Waals surface area (Å²) in [4.78, 5) is 17.6. The third-order valence-corrected chi connectivity index (χ3v) is 2.97. The number of nitrogens with two attached hydrogens (primary N) is 1. The zero-order valence-electron chi connectivity index (χ0n) is 10.00. The van der Waals surface area contributed by atoms with E-state index in [1.54, 1.807) is 13.0 Å². The Morgan fingerprint density at radius 2 is 2.11 bits per heavy atom. The van der Waals surface area contributed by atoms with Gasteiger partial charge in [0.1, 0.15) is 0 Å². The van der Waals surface area contributed by atoms with E-state index in [0.717, 1.165) is 5.69 Å². The van der Waals surface area contributed by atoms with Gasteiger partial charge in [0.05, 0.1) is 23.5 Å². The Bertz CT molecular complexity index is 456. The standard InChI is InChI=1S/C11H16N4O3/c1-6-2-8(14-12)7(3-13-6)11(18)15-4-9(16)10(17)5-15/h2-3,9-10,16-17H,4-5,12H2,1H3,(H,13,14). The highest BCUT2D eigenvalue weighted by atomic mass is 16.3. The van der Waals surface area contributed by atoms with Crippen molar-refractivity contribution in [3.8, 4) is 0 Å². The molecule has 7 heteroatoms. The van der Waals surface area contributed by atoms with Gasteiger partial charge in [0.25, 0.3) is 5.91 Å². The summed E-state index contributed by atoms with van der Waals surface area (Å²) < 4.78 is 0. The fraction of sp³-hybridized carbons (Fsp3) is 0.455. The van der Waals surface area contributed by atoms with Crippen LogP contribution in [0.25, 0.3) is 0 Å². The lowest BCUT2D eigenvalue weighted by atomic mass is 10.2. The Morgan fingerprint density at radius 3 is 2.67 bits per heavy atom. The van der Waals surface area contributed by atoms with Crippen molar-refractivity contribution >= 4 is 11.6 Å². The van der Waals surface area contributed by atoms with E-state index in [-0.39, 0.29) is 19.0 Å². The molecule has 1 aliphatic rings. The summed E-state index contributed by atoms with van der Waals surface area (Å²) >= 11 is 0. The SMILES string of the molecule is Cc1cc(NN)c(C(=O)N2CC(O)C(O)C2)cn1. The molecule has 2 heterocycles. The van der Waals surface area contributed by atoms with Crippen LogP contribution in [-0.4, -0.2) is 51.3 Å². The molecule has 0 radical (unpaired) electrons. The van der Waals surface area contributed by atoms with Crippen molar-refractivity contribution < 1.29 is 15.0 Å². The van der Waals surface area contributed by atoms with Crippen molar-refractivity contribution in [2.45, 2.75) is 19.1 Å². The summed E-state index contributed by atoms with van der Waals surface area (Å²) in [6, 6.07) is 1.66. The molecule has 0 bridgehead atoms. The van der Waals surface area contributed by atoms with Gasteiger partial charge in [-0.25, -0.2) is 0 Å². The minimum atomic E-state index is -0.901. The number of aryl methyl sites for hydroxylation is 1. The molecule has 18 heavy (non-hydrogen) atoms. The van der Waals surface area contributed by atoms with E-state index in [0.29, 0.717) is 11.3 Å². The van der Waals surface area contributed by atoms with Crippen molar-refractivity contribution in [1.29, 1.82) is 0 Å². The number of likely N-dealkylation sites (tertiary alicyclic amines) is 1. The molecule has 1 aliphatic heterocycles. The Balaban J connectivity index is 2.24. The highest BCUT2D eigenvalue weighted by Gasteiger charge is 2.33. The van der Waals surface area contributed by atoms with Gasteiger partial charge in [0.2, 0.25) is 0 Å². The van der Waals surface area contributed by atoms with Crippen LogP contribution in [0, 0.1) is 6.92 Å². The number of β-amino-alcohol motifs (C(OH)–C–C–N with tert-alkyl or cyclic N) is 2. The number of aliphatic hydroxyl groups excluding tert-OH is 2. The van der Waals surface area contributed by atoms with Crippen LogP contribution in [-0.2, 0) is 0 Å². The van der Waals surface area contributed by atoms with Crippen molar-refractivity contribution in [1.82, 2.24) is 9.88 Å². The summed E-state index contributed by atoms with van der Waals surface area (Å²) in [6.45, 7) is 2.01. The monoisotopic (exact) mass is 252 g/mol. The van der Waals surface area contributed by atoms with Gasteiger partial charge < -0.3 is 20.5 Å². The maximum Gasteiger partial charge on any atom is 0.257 e. The first-order valence-corrected chi connectivity index (χ1v) is 5.61. The molecule has 1 amide bonds. The highest BCUT2D eigenvalue weighted by molar-refractivity contribution is 5.99. The number of anilines is 1. The van der Waals surface area contributed by atoms with Gasteiger partial charge in [-0.05, 0) is 13.0 Å². The molecule has 1 fully saturated rings. The van der Waals surface area contributed by atoms with Gasteiger partial charge in [-0.3, -0.25) is 15.6 Å². The van der Waals surface area contributed by atoms with Crippen LogP contribution in [0.2, 0.25) is 0 Å². The first-order valence-electron chi connectivity index (χ1n) is 5.61. The molecule has 1 aromatic rings. The summed E-state index contributed by atoms with van der Waals surface area (Å²) in [5.74, 6) is 5.05. The third-order valence-electron chi connectivity index (χ3n) is 2.97. The molecule has 1 aromatic heterocycles. The van der Waals surface area contributed by atoms with Gasteiger partial charge in [-0.2, -0.15) is 0 Å². The van der Waals surface area contributed by atoms with Gasteiger partial charge in [0.15, 0.2) is 0 Å². The maximum atomic E-state index is 12.2. The van der Waals surface area contributed by atoms with Crippen LogP contribution >= 0.6 is 0 Å².